The van der Waals surface area contributed by atoms with Gasteiger partial charge in [0.15, 0.2) is 0 Å². The molecule has 0 bridgehead atoms. The molecular weight excluding hydrogens is 911 g/mol. The quantitative estimate of drug-likeness (QED) is 0.172. The summed E-state index contributed by atoms with van der Waals surface area (Å²) in [4.78, 5) is 2.53. The molecule has 2 aliphatic heterocycles. The Kier molecular flexibility index (Phi) is 8.88. The van der Waals surface area contributed by atoms with E-state index in [0.717, 1.165) is 78.8 Å². The van der Waals surface area contributed by atoms with Crippen LogP contribution in [0.15, 0.2) is 273 Å². The Morgan fingerprint density at radius 1 is 0.253 bits per heavy atom. The first kappa shape index (κ1) is 41.9. The molecule has 16 rings (SSSR count). The second-order valence-electron chi connectivity index (χ2n) is 20.2. The van der Waals surface area contributed by atoms with Crippen molar-refractivity contribution in [2.45, 2.75) is 10.8 Å². The topological polar surface area (TPSA) is 21.7 Å². The Bertz CT molecular complexity index is 4230. The fourth-order valence-electron chi connectivity index (χ4n) is 13.7. The fourth-order valence-corrected chi connectivity index (χ4v) is 13.7. The van der Waals surface area contributed by atoms with Gasteiger partial charge in [-0.05, 0) is 115 Å². The zero-order valence-electron chi connectivity index (χ0n) is 40.7. The normalized spacial score (nSPS) is 14.0. The Labute approximate surface area is 435 Å². The van der Waals surface area contributed by atoms with Crippen molar-refractivity contribution in [2.24, 2.45) is 0 Å². The zero-order chi connectivity index (χ0) is 49.2. The van der Waals surface area contributed by atoms with E-state index in [1.54, 1.807) is 0 Å². The number of hydrogen-bond donors (Lipinski definition) is 0. The number of fused-ring (bicyclic) bond motifs is 20. The molecule has 2 aliphatic carbocycles. The third-order valence-corrected chi connectivity index (χ3v) is 16.6. The van der Waals surface area contributed by atoms with E-state index in [2.05, 4.69) is 278 Å². The molecule has 0 aromatic heterocycles. The van der Waals surface area contributed by atoms with Crippen LogP contribution in [0.4, 0.5) is 17.1 Å². The highest BCUT2D eigenvalue weighted by Crippen LogP contribution is 2.65. The second-order valence-corrected chi connectivity index (χ2v) is 20.2. The van der Waals surface area contributed by atoms with Gasteiger partial charge in [-0.1, -0.05) is 224 Å². The highest BCUT2D eigenvalue weighted by atomic mass is 16.5. The van der Waals surface area contributed by atoms with E-state index in [1.807, 2.05) is 0 Å². The zero-order valence-corrected chi connectivity index (χ0v) is 40.7. The number of nitrogens with zero attached hydrogens (tertiary/aromatic N) is 1. The van der Waals surface area contributed by atoms with Gasteiger partial charge in [-0.25, -0.2) is 0 Å². The molecule has 12 aromatic carbocycles. The lowest BCUT2D eigenvalue weighted by molar-refractivity contribution is 0.436. The van der Waals surface area contributed by atoms with Crippen molar-refractivity contribution < 1.29 is 9.47 Å². The third kappa shape index (κ3) is 5.70. The standard InChI is InChI=1S/C72H45NO2/c1-2-19-46(20-3-1)47-37-39-48(40-38-47)50-21-6-13-31-64(50)73(49-41-42-52-51-22-4-7-25-56(51)72(63(52)45-49)60-29-11-16-35-68(60)75-69-36-17-12-30-61(69)72)65-32-18-24-54-53(65)43-44-62-70(54)55-23-5-8-26-57(55)71(62)58-27-9-14-33-66(58)74-67-34-15-10-28-59(67)71/h1-45H. The van der Waals surface area contributed by atoms with Crippen LogP contribution in [0.25, 0.3) is 55.3 Å². The highest BCUT2D eigenvalue weighted by molar-refractivity contribution is 6.11. The van der Waals surface area contributed by atoms with Crippen molar-refractivity contribution in [2.75, 3.05) is 4.90 Å². The van der Waals surface area contributed by atoms with Gasteiger partial charge in [-0.3, -0.25) is 0 Å². The molecule has 75 heavy (non-hydrogen) atoms. The third-order valence-electron chi connectivity index (χ3n) is 16.6. The van der Waals surface area contributed by atoms with Crippen LogP contribution in [0.1, 0.15) is 44.5 Å². The van der Waals surface area contributed by atoms with Crippen molar-refractivity contribution in [1.29, 1.82) is 0 Å². The van der Waals surface area contributed by atoms with Crippen molar-refractivity contribution in [3.63, 3.8) is 0 Å². The molecule has 0 unspecified atom stereocenters. The number of anilines is 3. The summed E-state index contributed by atoms with van der Waals surface area (Å²) in [5.74, 6) is 3.53. The van der Waals surface area contributed by atoms with Gasteiger partial charge in [-0.15, -0.1) is 0 Å². The minimum Gasteiger partial charge on any atom is -0.457 e. The summed E-state index contributed by atoms with van der Waals surface area (Å²) < 4.78 is 13.5. The van der Waals surface area contributed by atoms with Crippen LogP contribution in [0.2, 0.25) is 0 Å². The van der Waals surface area contributed by atoms with Gasteiger partial charge in [0.05, 0.1) is 22.2 Å². The van der Waals surface area contributed by atoms with Crippen LogP contribution in [-0.4, -0.2) is 0 Å². The minimum atomic E-state index is -0.639. The number of ether oxygens (including phenoxy) is 2. The molecule has 3 heteroatoms. The van der Waals surface area contributed by atoms with Gasteiger partial charge in [0.1, 0.15) is 23.0 Å². The predicted octanol–water partition coefficient (Wildman–Crippen LogP) is 18.6. The minimum absolute atomic E-state index is 0.584. The van der Waals surface area contributed by atoms with Crippen LogP contribution in [0, 0.1) is 0 Å². The molecule has 0 amide bonds. The number of para-hydroxylation sites is 5. The molecule has 0 radical (unpaired) electrons. The van der Waals surface area contributed by atoms with E-state index in [4.69, 9.17) is 9.47 Å². The first-order valence-corrected chi connectivity index (χ1v) is 25.9. The Hall–Kier alpha value is -9.70. The van der Waals surface area contributed by atoms with Crippen molar-refractivity contribution in [1.82, 2.24) is 0 Å². The van der Waals surface area contributed by atoms with E-state index in [1.165, 1.54) is 61.0 Å². The molecule has 2 heterocycles. The summed E-state index contributed by atoms with van der Waals surface area (Å²) in [6.45, 7) is 0. The van der Waals surface area contributed by atoms with Crippen LogP contribution in [0.5, 0.6) is 23.0 Å². The molecule has 0 fully saturated rings. The molecule has 2 spiro atoms. The first-order chi connectivity index (χ1) is 37.2. The molecule has 12 aromatic rings. The van der Waals surface area contributed by atoms with Crippen molar-refractivity contribution in [3.05, 3.63) is 317 Å². The summed E-state index contributed by atoms with van der Waals surface area (Å²) in [5.41, 5.74) is 21.2. The van der Waals surface area contributed by atoms with Gasteiger partial charge in [-0.2, -0.15) is 0 Å². The van der Waals surface area contributed by atoms with E-state index in [0.29, 0.717) is 0 Å². The number of benzene rings is 12. The number of rotatable bonds is 5. The van der Waals surface area contributed by atoms with E-state index in [-0.39, 0.29) is 0 Å². The average molecular weight is 956 g/mol. The first-order valence-electron chi connectivity index (χ1n) is 25.9. The van der Waals surface area contributed by atoms with E-state index in [9.17, 15) is 0 Å². The molecule has 4 aliphatic rings. The van der Waals surface area contributed by atoms with Crippen LogP contribution in [0.3, 0.4) is 0 Å². The monoisotopic (exact) mass is 955 g/mol. The molecule has 0 atom stereocenters. The summed E-state index contributed by atoms with van der Waals surface area (Å²) >= 11 is 0. The van der Waals surface area contributed by atoms with Crippen LogP contribution < -0.4 is 14.4 Å². The van der Waals surface area contributed by atoms with Gasteiger partial charge >= 0.3 is 0 Å². The Balaban J connectivity index is 0.974. The summed E-state index contributed by atoms with van der Waals surface area (Å²) in [6, 6.07) is 100. The van der Waals surface area contributed by atoms with Gasteiger partial charge < -0.3 is 14.4 Å². The molecule has 3 nitrogen and oxygen atoms in total. The Morgan fingerprint density at radius 3 is 1.33 bits per heavy atom. The lowest BCUT2D eigenvalue weighted by Gasteiger charge is -2.40. The Morgan fingerprint density at radius 2 is 0.707 bits per heavy atom. The van der Waals surface area contributed by atoms with Crippen LogP contribution >= 0.6 is 0 Å². The van der Waals surface area contributed by atoms with Crippen molar-refractivity contribution in [3.8, 4) is 67.5 Å². The molecule has 0 saturated heterocycles. The maximum absolute atomic E-state index is 6.78. The average Bonchev–Trinajstić information content (AvgIpc) is 3.97. The molecule has 0 saturated carbocycles. The molecule has 350 valence electrons. The largest absolute Gasteiger partial charge is 0.457 e. The van der Waals surface area contributed by atoms with E-state index < -0.39 is 10.8 Å². The SMILES string of the molecule is c1ccc(-c2ccc(-c3ccccc3N(c3ccc4c(c3)C3(c5ccccc5Oc5ccccc53)c3ccccc3-4)c3cccc4c5c(ccc34)C3(c4ccccc4Oc4ccccc43)c3ccccc3-5)cc2)cc1. The lowest BCUT2D eigenvalue weighted by Crippen LogP contribution is -2.32. The second kappa shape index (κ2) is 15.9. The van der Waals surface area contributed by atoms with Gasteiger partial charge in [0.2, 0.25) is 0 Å². The summed E-state index contributed by atoms with van der Waals surface area (Å²) in [7, 11) is 0. The lowest BCUT2D eigenvalue weighted by atomic mass is 9.66. The summed E-state index contributed by atoms with van der Waals surface area (Å²) in [6.07, 6.45) is 0. The van der Waals surface area contributed by atoms with Crippen LogP contribution in [-0.2, 0) is 10.8 Å². The summed E-state index contributed by atoms with van der Waals surface area (Å²) in [5, 5.41) is 2.36. The van der Waals surface area contributed by atoms with Crippen molar-refractivity contribution >= 4 is 27.8 Å². The maximum Gasteiger partial charge on any atom is 0.132 e. The predicted molar refractivity (Wildman–Crippen MR) is 304 cm³/mol. The molecule has 0 N–H and O–H groups in total. The molecular formula is C72H45NO2. The number of hydrogen-bond acceptors (Lipinski definition) is 3. The van der Waals surface area contributed by atoms with E-state index >= 15 is 0 Å². The highest BCUT2D eigenvalue weighted by Gasteiger charge is 2.53. The smallest absolute Gasteiger partial charge is 0.132 e. The van der Waals surface area contributed by atoms with Gasteiger partial charge in [0, 0.05) is 38.9 Å². The fraction of sp³-hybridized carbons (Fsp3) is 0.0278. The maximum atomic E-state index is 6.78. The van der Waals surface area contributed by atoms with Gasteiger partial charge in [0.25, 0.3) is 0 Å².